The molecule has 56 heavy (non-hydrogen) atoms. The van der Waals surface area contributed by atoms with Gasteiger partial charge in [0.15, 0.2) is 5.58 Å². The quantitative estimate of drug-likeness (QED) is 0.156. The Morgan fingerprint density at radius 2 is 1.34 bits per heavy atom. The van der Waals surface area contributed by atoms with Gasteiger partial charge in [0.2, 0.25) is 0 Å². The van der Waals surface area contributed by atoms with Crippen LogP contribution in [0.2, 0.25) is 0 Å². The number of para-hydroxylation sites is 2. The Morgan fingerprint density at radius 3 is 2.18 bits per heavy atom. The third-order valence-electron chi connectivity index (χ3n) is 13.9. The molecule has 0 N–H and O–H groups in total. The Labute approximate surface area is 329 Å². The molecular weight excluding hydrogens is 699 g/mol. The number of thiophene rings is 1. The molecule has 3 aromatic heterocycles. The van der Waals surface area contributed by atoms with E-state index < -0.39 is 0 Å². The lowest BCUT2D eigenvalue weighted by atomic mass is 9.44. The van der Waals surface area contributed by atoms with Gasteiger partial charge in [0.05, 0.1) is 21.6 Å². The highest BCUT2D eigenvalue weighted by atomic mass is 32.1. The lowest BCUT2D eigenvalue weighted by molar-refractivity contribution is 0.332. The van der Waals surface area contributed by atoms with E-state index in [2.05, 4.69) is 165 Å². The first-order valence-corrected chi connectivity index (χ1v) is 20.9. The van der Waals surface area contributed by atoms with Gasteiger partial charge in [0.25, 0.3) is 0 Å². The standard InChI is InChI=1S/C51H39BN2OS/c1-28-25-37-38(51(4,5)24-23-50(37,2)3)27-40(28)53-45-30-14-7-6-13-29(30)26-36-32-17-12-18-35-44(32)54(46-34-16-8-10-19-41(34)55-48(35)46)52(43(36)45)39-22-21-33-31-15-9-11-20-42(31)56-49(33)47(39)53/h6-22,25-27H,23-24H2,1-5H3. The van der Waals surface area contributed by atoms with E-state index in [1.54, 1.807) is 0 Å². The fraction of sp³-hybridized carbons (Fsp3) is 0.176. The van der Waals surface area contributed by atoms with Gasteiger partial charge in [-0.2, -0.15) is 0 Å². The van der Waals surface area contributed by atoms with Gasteiger partial charge >= 0.3 is 6.85 Å². The monoisotopic (exact) mass is 738 g/mol. The van der Waals surface area contributed by atoms with Crippen LogP contribution in [-0.2, 0) is 10.8 Å². The number of furan rings is 1. The topological polar surface area (TPSA) is 21.3 Å². The molecule has 0 fully saturated rings. The number of rotatable bonds is 1. The second-order valence-electron chi connectivity index (χ2n) is 17.9. The molecule has 268 valence electrons. The van der Waals surface area contributed by atoms with Crippen molar-refractivity contribution in [1.82, 2.24) is 4.48 Å². The van der Waals surface area contributed by atoms with Crippen LogP contribution in [0.3, 0.4) is 0 Å². The molecule has 0 spiro atoms. The molecule has 7 aromatic carbocycles. The highest BCUT2D eigenvalue weighted by molar-refractivity contribution is 7.26. The molecule has 0 saturated carbocycles. The first-order chi connectivity index (χ1) is 27.2. The average Bonchev–Trinajstić information content (AvgIpc) is 3.88. The number of hydrogen-bond donors (Lipinski definition) is 0. The summed E-state index contributed by atoms with van der Waals surface area (Å²) in [4.78, 5) is 2.72. The normalized spacial score (nSPS) is 16.4. The molecule has 5 heterocycles. The predicted octanol–water partition coefficient (Wildman–Crippen LogP) is 13.1. The zero-order valence-electron chi connectivity index (χ0n) is 32.2. The minimum Gasteiger partial charge on any atom is -0.454 e. The lowest BCUT2D eigenvalue weighted by Crippen LogP contribution is -2.56. The van der Waals surface area contributed by atoms with Crippen LogP contribution < -0.4 is 15.8 Å². The zero-order chi connectivity index (χ0) is 37.4. The van der Waals surface area contributed by atoms with Crippen LogP contribution in [0, 0.1) is 6.92 Å². The molecule has 5 heteroatoms. The van der Waals surface area contributed by atoms with E-state index in [0.29, 0.717) is 0 Å². The van der Waals surface area contributed by atoms with Crippen LogP contribution in [0.1, 0.15) is 57.2 Å². The van der Waals surface area contributed by atoms with Gasteiger partial charge in [0.1, 0.15) is 5.58 Å². The summed E-state index contributed by atoms with van der Waals surface area (Å²) in [6.45, 7) is 12.1. The number of hydrogen-bond acceptors (Lipinski definition) is 3. The molecular formula is C51H39BN2OS. The number of fused-ring (bicyclic) bond motifs is 16. The van der Waals surface area contributed by atoms with Crippen LogP contribution in [0.5, 0.6) is 0 Å². The van der Waals surface area contributed by atoms with Crippen LogP contribution in [-0.4, -0.2) is 11.3 Å². The Morgan fingerprint density at radius 1 is 0.625 bits per heavy atom. The van der Waals surface area contributed by atoms with Gasteiger partial charge in [-0.15, -0.1) is 11.3 Å². The van der Waals surface area contributed by atoms with Crippen molar-refractivity contribution in [3.63, 3.8) is 0 Å². The third kappa shape index (κ3) is 3.76. The number of aryl methyl sites for hydroxylation is 1. The first-order valence-electron chi connectivity index (χ1n) is 20.1. The summed E-state index contributed by atoms with van der Waals surface area (Å²) in [7, 11) is 0. The molecule has 13 rings (SSSR count). The summed E-state index contributed by atoms with van der Waals surface area (Å²) in [5.41, 5.74) is 18.0. The number of aromatic nitrogens is 1. The summed E-state index contributed by atoms with van der Waals surface area (Å²) in [5.74, 6) is 0. The largest absolute Gasteiger partial charge is 0.454 e. The summed E-state index contributed by atoms with van der Waals surface area (Å²) in [5, 5.41) is 7.54. The van der Waals surface area contributed by atoms with E-state index in [1.807, 2.05) is 11.3 Å². The van der Waals surface area contributed by atoms with Gasteiger partial charge in [0, 0.05) is 48.4 Å². The summed E-state index contributed by atoms with van der Waals surface area (Å²) in [6, 6.07) is 46.0. The molecule has 0 saturated heterocycles. The van der Waals surface area contributed by atoms with Gasteiger partial charge < -0.3 is 13.8 Å². The van der Waals surface area contributed by atoms with Crippen LogP contribution in [0.4, 0.5) is 17.1 Å². The lowest BCUT2D eigenvalue weighted by Gasteiger charge is -2.45. The molecule has 3 nitrogen and oxygen atoms in total. The smallest absolute Gasteiger partial charge is 0.333 e. The molecule has 1 aliphatic carbocycles. The van der Waals surface area contributed by atoms with Crippen molar-refractivity contribution >= 4 is 110 Å². The Bertz CT molecular complexity index is 3410. The van der Waals surface area contributed by atoms with Crippen molar-refractivity contribution in [2.45, 2.75) is 58.3 Å². The third-order valence-corrected chi connectivity index (χ3v) is 15.1. The van der Waals surface area contributed by atoms with Crippen molar-refractivity contribution < 1.29 is 4.42 Å². The van der Waals surface area contributed by atoms with E-state index in [-0.39, 0.29) is 17.7 Å². The maximum absolute atomic E-state index is 6.81. The van der Waals surface area contributed by atoms with E-state index in [4.69, 9.17) is 4.42 Å². The van der Waals surface area contributed by atoms with Crippen LogP contribution in [0.15, 0.2) is 126 Å². The van der Waals surface area contributed by atoms with Gasteiger partial charge in [-0.3, -0.25) is 0 Å². The van der Waals surface area contributed by atoms with E-state index >= 15 is 0 Å². The van der Waals surface area contributed by atoms with E-state index in [1.165, 1.54) is 116 Å². The Kier molecular flexibility index (Phi) is 5.80. The molecule has 0 amide bonds. The maximum Gasteiger partial charge on any atom is 0.333 e. The van der Waals surface area contributed by atoms with E-state index in [0.717, 1.165) is 16.6 Å². The first kappa shape index (κ1) is 31.4. The molecule has 0 bridgehead atoms. The predicted molar refractivity (Wildman–Crippen MR) is 240 cm³/mol. The average molecular weight is 739 g/mol. The Balaban J connectivity index is 1.26. The van der Waals surface area contributed by atoms with Gasteiger partial charge in [-0.05, 0) is 106 Å². The van der Waals surface area contributed by atoms with Crippen LogP contribution >= 0.6 is 11.3 Å². The molecule has 0 unspecified atom stereocenters. The Hall–Kier alpha value is -5.78. The highest BCUT2D eigenvalue weighted by Crippen LogP contribution is 2.54. The fourth-order valence-corrected chi connectivity index (χ4v) is 12.3. The maximum atomic E-state index is 6.81. The summed E-state index contributed by atoms with van der Waals surface area (Å²) in [6.07, 6.45) is 2.37. The zero-order valence-corrected chi connectivity index (χ0v) is 33.1. The van der Waals surface area contributed by atoms with Crippen molar-refractivity contribution in [3.8, 4) is 11.1 Å². The van der Waals surface area contributed by atoms with Crippen LogP contribution in [0.25, 0.3) is 75.0 Å². The molecule has 3 aliphatic rings. The van der Waals surface area contributed by atoms with Gasteiger partial charge in [-0.25, -0.2) is 0 Å². The molecule has 10 aromatic rings. The highest BCUT2D eigenvalue weighted by Gasteiger charge is 2.46. The number of nitrogens with zero attached hydrogens (tertiary/aromatic N) is 2. The van der Waals surface area contributed by atoms with E-state index in [9.17, 15) is 0 Å². The van der Waals surface area contributed by atoms with Gasteiger partial charge in [-0.1, -0.05) is 113 Å². The fourth-order valence-electron chi connectivity index (χ4n) is 11.1. The number of benzene rings is 7. The minimum atomic E-state index is -0.0605. The second-order valence-corrected chi connectivity index (χ2v) is 19.0. The van der Waals surface area contributed by atoms with Crippen molar-refractivity contribution in [2.75, 3.05) is 4.90 Å². The molecule has 0 atom stereocenters. The summed E-state index contributed by atoms with van der Waals surface area (Å²) < 4.78 is 12.1. The molecule has 2 aliphatic heterocycles. The minimum absolute atomic E-state index is 0.0605. The van der Waals surface area contributed by atoms with Crippen molar-refractivity contribution in [2.24, 2.45) is 0 Å². The summed E-state index contributed by atoms with van der Waals surface area (Å²) >= 11 is 1.94. The van der Waals surface area contributed by atoms with Crippen molar-refractivity contribution in [3.05, 3.63) is 138 Å². The SMILES string of the molecule is Cc1cc2c(cc1N1c3c4c(cc5ccccc35)-c3cccc5c6oc7ccccc7c6n(c35)B4c3ccc4c(sc5ccccc54)c31)C(C)(C)CCC2(C)C. The second kappa shape index (κ2) is 10.3. The number of anilines is 3. The van der Waals surface area contributed by atoms with Crippen molar-refractivity contribution in [1.29, 1.82) is 0 Å². The molecule has 0 radical (unpaired) electrons.